The van der Waals surface area contributed by atoms with Crippen molar-refractivity contribution in [3.63, 3.8) is 0 Å². The van der Waals surface area contributed by atoms with Crippen LogP contribution in [0.15, 0.2) is 6.33 Å². The van der Waals surface area contributed by atoms with Crippen molar-refractivity contribution >= 4 is 25.1 Å². The Balaban J connectivity index is 1.75. The van der Waals surface area contributed by atoms with Gasteiger partial charge in [0.2, 0.25) is 11.8 Å². The number of nitrogens with zero attached hydrogens (tertiary/aromatic N) is 4. The predicted molar refractivity (Wildman–Crippen MR) is 98.2 cm³/mol. The number of nitrogen functional groups attached to an aromatic ring is 1. The average Bonchev–Trinajstić information content (AvgIpc) is 3.20. The maximum Gasteiger partial charge on any atom is 0.504 e. The second-order valence-corrected chi connectivity index (χ2v) is 8.43. The number of fused-ring (bicyclic) bond motifs is 3. The highest BCUT2D eigenvalue weighted by molar-refractivity contribution is 7.38. The standard InChI is InChI=1S/C16H23N5O6P/c1-5-24-12-8-11(19-14(17)20-12)21(7-18-8)13-9-10(22)16(27-13,6-25-28(4)23)15(2,3)26-9/h7,9-10,13,22H,5-6H2,1-4H3,(H2,17,19,20)/q+1/t9-,10+,13-,16-/m1/s1. The molecule has 0 saturated carbocycles. The Bertz CT molecular complexity index is 936. The lowest BCUT2D eigenvalue weighted by Gasteiger charge is -2.41. The quantitative estimate of drug-likeness (QED) is 0.659. The van der Waals surface area contributed by atoms with Crippen LogP contribution in [0.4, 0.5) is 5.95 Å². The molecule has 12 heteroatoms. The molecule has 2 aromatic heterocycles. The minimum Gasteiger partial charge on any atom is -0.476 e. The highest BCUT2D eigenvalue weighted by atomic mass is 31.1. The minimum absolute atomic E-state index is 0.0312. The lowest BCUT2D eigenvalue weighted by Crippen LogP contribution is -2.57. The molecule has 2 aliphatic rings. The molecule has 0 aliphatic carbocycles. The van der Waals surface area contributed by atoms with Crippen LogP contribution in [0.1, 0.15) is 27.0 Å². The summed E-state index contributed by atoms with van der Waals surface area (Å²) in [6.07, 6.45) is -0.900. The third-order valence-electron chi connectivity index (χ3n) is 5.27. The molecule has 0 amide bonds. The van der Waals surface area contributed by atoms with Crippen LogP contribution < -0.4 is 10.5 Å². The van der Waals surface area contributed by atoms with Crippen molar-refractivity contribution in [3.8, 4) is 5.88 Å². The fourth-order valence-electron chi connectivity index (χ4n) is 3.86. The van der Waals surface area contributed by atoms with Crippen molar-refractivity contribution < 1.29 is 28.4 Å². The van der Waals surface area contributed by atoms with Gasteiger partial charge in [-0.3, -0.25) is 4.57 Å². The van der Waals surface area contributed by atoms with Gasteiger partial charge in [-0.2, -0.15) is 9.97 Å². The second-order valence-electron chi connectivity index (χ2n) is 7.29. The highest BCUT2D eigenvalue weighted by Crippen LogP contribution is 2.55. The van der Waals surface area contributed by atoms with Crippen molar-refractivity contribution in [2.45, 2.75) is 50.4 Å². The maximum atomic E-state index is 11.5. The summed E-state index contributed by atoms with van der Waals surface area (Å²) in [5.74, 6) is 0.304. The van der Waals surface area contributed by atoms with Gasteiger partial charge in [0.1, 0.15) is 18.8 Å². The van der Waals surface area contributed by atoms with Crippen LogP contribution in [0.5, 0.6) is 5.88 Å². The van der Waals surface area contributed by atoms with Crippen LogP contribution in [-0.2, 0) is 18.6 Å². The number of hydrogen-bond donors (Lipinski definition) is 2. The first-order valence-electron chi connectivity index (χ1n) is 8.90. The van der Waals surface area contributed by atoms with E-state index in [1.54, 1.807) is 18.4 Å². The zero-order chi connectivity index (χ0) is 20.3. The topological polar surface area (TPSA) is 144 Å². The van der Waals surface area contributed by atoms with Crippen molar-refractivity contribution in [2.24, 2.45) is 0 Å². The van der Waals surface area contributed by atoms with Crippen LogP contribution in [-0.4, -0.2) is 67.9 Å². The van der Waals surface area contributed by atoms with Gasteiger partial charge in [0.15, 0.2) is 29.7 Å². The van der Waals surface area contributed by atoms with Gasteiger partial charge in [-0.05, 0) is 25.3 Å². The lowest BCUT2D eigenvalue weighted by molar-refractivity contribution is -0.254. The number of anilines is 1. The van der Waals surface area contributed by atoms with E-state index in [2.05, 4.69) is 15.0 Å². The number of aliphatic hydroxyl groups excluding tert-OH is 1. The molecule has 1 unspecified atom stereocenters. The van der Waals surface area contributed by atoms with Gasteiger partial charge in [-0.25, -0.2) is 4.98 Å². The van der Waals surface area contributed by atoms with Crippen molar-refractivity contribution in [2.75, 3.05) is 25.6 Å². The predicted octanol–water partition coefficient (Wildman–Crippen LogP) is 1.00. The summed E-state index contributed by atoms with van der Waals surface area (Å²) in [6.45, 7) is 7.20. The fraction of sp³-hybridized carbons (Fsp3) is 0.688. The molecule has 3 N–H and O–H groups in total. The molecule has 2 aliphatic heterocycles. The molecule has 2 bridgehead atoms. The maximum absolute atomic E-state index is 11.5. The van der Waals surface area contributed by atoms with E-state index >= 15 is 0 Å². The van der Waals surface area contributed by atoms with Crippen molar-refractivity contribution in [1.82, 2.24) is 19.5 Å². The van der Waals surface area contributed by atoms with Crippen LogP contribution in [0.2, 0.25) is 0 Å². The van der Waals surface area contributed by atoms with E-state index in [-0.39, 0.29) is 18.4 Å². The van der Waals surface area contributed by atoms with E-state index in [0.717, 1.165) is 0 Å². The first-order chi connectivity index (χ1) is 13.2. The first-order valence-corrected chi connectivity index (χ1v) is 10.5. The third kappa shape index (κ3) is 2.69. The zero-order valence-electron chi connectivity index (χ0n) is 16.0. The summed E-state index contributed by atoms with van der Waals surface area (Å²) in [6, 6.07) is 0. The Morgan fingerprint density at radius 3 is 2.82 bits per heavy atom. The lowest BCUT2D eigenvalue weighted by atomic mass is 9.84. The summed E-state index contributed by atoms with van der Waals surface area (Å²) >= 11 is 0. The number of rotatable bonds is 6. The van der Waals surface area contributed by atoms with Gasteiger partial charge in [0.05, 0.1) is 18.5 Å². The van der Waals surface area contributed by atoms with E-state index in [4.69, 9.17) is 24.5 Å². The van der Waals surface area contributed by atoms with Gasteiger partial charge in [0.25, 0.3) is 0 Å². The van der Waals surface area contributed by atoms with Gasteiger partial charge in [0, 0.05) is 0 Å². The number of nitrogens with two attached hydrogens (primary N) is 1. The summed E-state index contributed by atoms with van der Waals surface area (Å²) in [5, 5.41) is 10.9. The van der Waals surface area contributed by atoms with Crippen molar-refractivity contribution in [3.05, 3.63) is 6.33 Å². The van der Waals surface area contributed by atoms with E-state index in [0.29, 0.717) is 17.8 Å². The molecule has 28 heavy (non-hydrogen) atoms. The number of hydrogen-bond acceptors (Lipinski definition) is 10. The van der Waals surface area contributed by atoms with Crippen LogP contribution in [0.25, 0.3) is 11.2 Å². The Kier molecular flexibility index (Phi) is 4.55. The molecule has 5 atom stereocenters. The number of imidazole rings is 1. The van der Waals surface area contributed by atoms with Crippen molar-refractivity contribution in [1.29, 1.82) is 0 Å². The average molecular weight is 412 g/mol. The largest absolute Gasteiger partial charge is 0.504 e. The van der Waals surface area contributed by atoms with Gasteiger partial charge in [-0.15, -0.1) is 4.52 Å². The van der Waals surface area contributed by atoms with Gasteiger partial charge >= 0.3 is 8.03 Å². The molecule has 0 spiro atoms. The molecule has 0 aromatic carbocycles. The molecule has 152 valence electrons. The summed E-state index contributed by atoms with van der Waals surface area (Å²) in [7, 11) is -1.87. The second kappa shape index (κ2) is 6.57. The molecule has 11 nitrogen and oxygen atoms in total. The smallest absolute Gasteiger partial charge is 0.476 e. The van der Waals surface area contributed by atoms with E-state index < -0.39 is 37.7 Å². The van der Waals surface area contributed by atoms with E-state index in [1.165, 1.54) is 13.0 Å². The minimum atomic E-state index is -1.87. The molecule has 4 rings (SSSR count). The number of ether oxygens (including phenoxy) is 3. The Labute approximate surface area is 162 Å². The monoisotopic (exact) mass is 412 g/mol. The van der Waals surface area contributed by atoms with Crippen LogP contribution >= 0.6 is 8.03 Å². The third-order valence-corrected chi connectivity index (χ3v) is 5.77. The first kappa shape index (κ1) is 19.4. The van der Waals surface area contributed by atoms with Gasteiger partial charge < -0.3 is 25.1 Å². The Hall–Kier alpha value is -1.91. The molecule has 2 fully saturated rings. The zero-order valence-corrected chi connectivity index (χ0v) is 16.9. The highest BCUT2D eigenvalue weighted by Gasteiger charge is 2.71. The van der Waals surface area contributed by atoms with Crippen LogP contribution in [0, 0.1) is 0 Å². The molecule has 2 aromatic rings. The molecular weight excluding hydrogens is 389 g/mol. The van der Waals surface area contributed by atoms with E-state index in [1.807, 2.05) is 6.92 Å². The van der Waals surface area contributed by atoms with Crippen LogP contribution in [0.3, 0.4) is 0 Å². The van der Waals surface area contributed by atoms with E-state index in [9.17, 15) is 9.67 Å². The summed E-state index contributed by atoms with van der Waals surface area (Å²) < 4.78 is 36.3. The molecule has 4 heterocycles. The Morgan fingerprint density at radius 2 is 2.14 bits per heavy atom. The summed E-state index contributed by atoms with van der Waals surface area (Å²) in [4.78, 5) is 12.7. The molecular formula is C16H23N5O6P+. The normalized spacial score (nSPS) is 31.5. The molecule has 0 radical (unpaired) electrons. The number of aliphatic hydroxyl groups is 1. The Morgan fingerprint density at radius 1 is 1.39 bits per heavy atom. The fourth-order valence-corrected chi connectivity index (χ4v) is 4.23. The SMILES string of the molecule is CCOc1nc(N)nc2c1ncn2[C@@H]1O[C@]2(CO[P+](C)=O)[C@@H](O)[C@H]1OC2(C)C. The number of aromatic nitrogens is 4. The molecule has 2 saturated heterocycles. The summed E-state index contributed by atoms with van der Waals surface area (Å²) in [5.41, 5.74) is 4.61. The van der Waals surface area contributed by atoms with Gasteiger partial charge in [-0.1, -0.05) is 0 Å².